The van der Waals surface area contributed by atoms with Crippen LogP contribution in [0.1, 0.15) is 16.2 Å². The summed E-state index contributed by atoms with van der Waals surface area (Å²) in [7, 11) is 6.29. The number of benzene rings is 1. The van der Waals surface area contributed by atoms with Gasteiger partial charge in [0.1, 0.15) is 5.75 Å². The van der Waals surface area contributed by atoms with E-state index in [-0.39, 0.29) is 5.78 Å². The van der Waals surface area contributed by atoms with Gasteiger partial charge in [-0.15, -0.1) is 0 Å². The molecule has 0 N–H and O–H groups in total. The molecule has 0 aliphatic rings. The molecule has 1 aromatic heterocycles. The Morgan fingerprint density at radius 1 is 1.05 bits per heavy atom. The first-order valence-electron chi connectivity index (χ1n) is 5.94. The fraction of sp³-hybridized carbons (Fsp3) is 0.286. The van der Waals surface area contributed by atoms with Gasteiger partial charge in [-0.25, -0.2) is 4.98 Å². The number of aromatic nitrogens is 2. The van der Waals surface area contributed by atoms with Crippen molar-refractivity contribution in [2.75, 3.05) is 21.3 Å². The summed E-state index contributed by atoms with van der Waals surface area (Å²) in [4.78, 5) is 16.6. The van der Waals surface area contributed by atoms with Gasteiger partial charge in [0.25, 0.3) is 0 Å². The number of carbonyl (C=O) groups is 1. The summed E-state index contributed by atoms with van der Waals surface area (Å²) < 4.78 is 17.3. The van der Waals surface area contributed by atoms with Crippen LogP contribution in [-0.4, -0.2) is 36.7 Å². The van der Waals surface area contributed by atoms with Crippen molar-refractivity contribution in [2.45, 2.75) is 0 Å². The number of nitrogens with zero attached hydrogens (tertiary/aromatic N) is 2. The van der Waals surface area contributed by atoms with E-state index in [0.717, 1.165) is 0 Å². The minimum atomic E-state index is -0.240. The molecule has 0 aliphatic heterocycles. The predicted molar refractivity (Wildman–Crippen MR) is 72.7 cm³/mol. The van der Waals surface area contributed by atoms with Crippen LogP contribution in [-0.2, 0) is 7.05 Å². The van der Waals surface area contributed by atoms with Crippen molar-refractivity contribution in [1.29, 1.82) is 0 Å². The first-order chi connectivity index (χ1) is 9.62. The normalized spacial score (nSPS) is 10.2. The van der Waals surface area contributed by atoms with Crippen molar-refractivity contribution >= 4 is 5.78 Å². The number of methoxy groups -OCH3 is 3. The molecule has 0 saturated heterocycles. The fourth-order valence-corrected chi connectivity index (χ4v) is 1.91. The van der Waals surface area contributed by atoms with Crippen molar-refractivity contribution in [2.24, 2.45) is 7.05 Å². The van der Waals surface area contributed by atoms with Gasteiger partial charge in [-0.2, -0.15) is 0 Å². The smallest absolute Gasteiger partial charge is 0.232 e. The summed E-state index contributed by atoms with van der Waals surface area (Å²) in [5.74, 6) is 1.47. The van der Waals surface area contributed by atoms with Gasteiger partial charge in [0, 0.05) is 25.5 Å². The second-order valence-electron chi connectivity index (χ2n) is 4.10. The van der Waals surface area contributed by atoms with Gasteiger partial charge in [-0.1, -0.05) is 0 Å². The fourth-order valence-electron chi connectivity index (χ4n) is 1.91. The van der Waals surface area contributed by atoms with E-state index in [1.54, 1.807) is 36.1 Å². The van der Waals surface area contributed by atoms with E-state index in [2.05, 4.69) is 4.98 Å². The molecular formula is C14H16N2O4. The Kier molecular flexibility index (Phi) is 3.93. The Bertz CT molecular complexity index is 634. The summed E-state index contributed by atoms with van der Waals surface area (Å²) in [6.07, 6.45) is 3.28. The molecular weight excluding hydrogens is 260 g/mol. The van der Waals surface area contributed by atoms with E-state index in [0.29, 0.717) is 28.6 Å². The number of imidazole rings is 1. The van der Waals surface area contributed by atoms with Crippen molar-refractivity contribution in [3.8, 4) is 17.2 Å². The van der Waals surface area contributed by atoms with Gasteiger partial charge < -0.3 is 18.8 Å². The number of aryl methyl sites for hydroxylation is 1. The number of rotatable bonds is 5. The SMILES string of the molecule is COc1cc(OC)c(C(=O)c2nccn2C)cc1OC. The van der Waals surface area contributed by atoms with Gasteiger partial charge in [-0.05, 0) is 6.07 Å². The highest BCUT2D eigenvalue weighted by molar-refractivity contribution is 6.09. The van der Waals surface area contributed by atoms with E-state index in [1.165, 1.54) is 21.3 Å². The Hall–Kier alpha value is -2.50. The molecule has 1 aromatic carbocycles. The number of ketones is 1. The maximum atomic E-state index is 12.5. The van der Waals surface area contributed by atoms with Crippen molar-refractivity contribution in [1.82, 2.24) is 9.55 Å². The van der Waals surface area contributed by atoms with Crippen molar-refractivity contribution in [3.63, 3.8) is 0 Å². The molecule has 0 fully saturated rings. The topological polar surface area (TPSA) is 62.6 Å². The third kappa shape index (κ3) is 2.32. The highest BCUT2D eigenvalue weighted by atomic mass is 16.5. The van der Waals surface area contributed by atoms with Crippen LogP contribution in [0.5, 0.6) is 17.2 Å². The maximum absolute atomic E-state index is 12.5. The van der Waals surface area contributed by atoms with Crippen molar-refractivity contribution in [3.05, 3.63) is 35.9 Å². The number of hydrogen-bond donors (Lipinski definition) is 0. The van der Waals surface area contributed by atoms with Crippen LogP contribution in [0, 0.1) is 0 Å². The highest BCUT2D eigenvalue weighted by Gasteiger charge is 2.21. The Morgan fingerprint density at radius 3 is 2.15 bits per heavy atom. The van der Waals surface area contributed by atoms with E-state index in [9.17, 15) is 4.79 Å². The van der Waals surface area contributed by atoms with Crippen LogP contribution < -0.4 is 14.2 Å². The number of carbonyl (C=O) groups excluding carboxylic acids is 1. The Morgan fingerprint density at radius 2 is 1.65 bits per heavy atom. The maximum Gasteiger partial charge on any atom is 0.232 e. The first-order valence-corrected chi connectivity index (χ1v) is 5.94. The lowest BCUT2D eigenvalue weighted by Gasteiger charge is -2.13. The molecule has 20 heavy (non-hydrogen) atoms. The molecule has 0 aliphatic carbocycles. The first kappa shape index (κ1) is 13.9. The largest absolute Gasteiger partial charge is 0.496 e. The standard InChI is InChI=1S/C14H16N2O4/c1-16-6-5-15-14(16)13(17)9-7-11(19-3)12(20-4)8-10(9)18-2/h5-8H,1-4H3. The lowest BCUT2D eigenvalue weighted by atomic mass is 10.1. The zero-order valence-corrected chi connectivity index (χ0v) is 11.8. The molecule has 106 valence electrons. The third-order valence-corrected chi connectivity index (χ3v) is 2.97. The second-order valence-corrected chi connectivity index (χ2v) is 4.10. The van der Waals surface area contributed by atoms with Crippen LogP contribution in [0.4, 0.5) is 0 Å². The zero-order valence-electron chi connectivity index (χ0n) is 11.8. The minimum absolute atomic E-state index is 0.240. The molecule has 0 radical (unpaired) electrons. The Balaban J connectivity index is 2.55. The average Bonchev–Trinajstić information content (AvgIpc) is 2.91. The molecule has 0 bridgehead atoms. The molecule has 2 aromatic rings. The van der Waals surface area contributed by atoms with Crippen LogP contribution >= 0.6 is 0 Å². The van der Waals surface area contributed by atoms with E-state index < -0.39 is 0 Å². The minimum Gasteiger partial charge on any atom is -0.496 e. The van der Waals surface area contributed by atoms with Crippen molar-refractivity contribution < 1.29 is 19.0 Å². The van der Waals surface area contributed by atoms with Crippen LogP contribution in [0.25, 0.3) is 0 Å². The molecule has 2 rings (SSSR count). The van der Waals surface area contributed by atoms with E-state index in [1.807, 2.05) is 0 Å². The average molecular weight is 276 g/mol. The molecule has 0 atom stereocenters. The van der Waals surface area contributed by atoms with Crippen LogP contribution in [0.2, 0.25) is 0 Å². The molecule has 0 amide bonds. The highest BCUT2D eigenvalue weighted by Crippen LogP contribution is 2.35. The molecule has 6 heteroatoms. The number of hydrogen-bond acceptors (Lipinski definition) is 5. The van der Waals surface area contributed by atoms with E-state index >= 15 is 0 Å². The summed E-state index contributed by atoms with van der Waals surface area (Å²) in [5.41, 5.74) is 0.374. The summed E-state index contributed by atoms with van der Waals surface area (Å²) in [6.45, 7) is 0. The lowest BCUT2D eigenvalue weighted by molar-refractivity contribution is 0.102. The quantitative estimate of drug-likeness (QED) is 0.777. The summed E-state index contributed by atoms with van der Waals surface area (Å²) in [5, 5.41) is 0. The molecule has 6 nitrogen and oxygen atoms in total. The van der Waals surface area contributed by atoms with Gasteiger partial charge in [0.05, 0.1) is 26.9 Å². The third-order valence-electron chi connectivity index (χ3n) is 2.97. The molecule has 1 heterocycles. The van der Waals surface area contributed by atoms with Gasteiger partial charge in [-0.3, -0.25) is 4.79 Å². The van der Waals surface area contributed by atoms with Crippen LogP contribution in [0.15, 0.2) is 24.5 Å². The monoisotopic (exact) mass is 276 g/mol. The number of ether oxygens (including phenoxy) is 3. The Labute approximate surface area is 116 Å². The van der Waals surface area contributed by atoms with Gasteiger partial charge in [0.2, 0.25) is 5.78 Å². The molecule has 0 unspecified atom stereocenters. The lowest BCUT2D eigenvalue weighted by Crippen LogP contribution is -2.10. The summed E-state index contributed by atoms with van der Waals surface area (Å²) >= 11 is 0. The van der Waals surface area contributed by atoms with Gasteiger partial charge >= 0.3 is 0 Å². The van der Waals surface area contributed by atoms with Crippen LogP contribution in [0.3, 0.4) is 0 Å². The predicted octanol–water partition coefficient (Wildman–Crippen LogP) is 1.68. The molecule has 0 saturated carbocycles. The second kappa shape index (κ2) is 5.64. The zero-order chi connectivity index (χ0) is 14.7. The van der Waals surface area contributed by atoms with E-state index in [4.69, 9.17) is 14.2 Å². The molecule has 0 spiro atoms. The van der Waals surface area contributed by atoms with Gasteiger partial charge in [0.15, 0.2) is 17.3 Å². The summed E-state index contributed by atoms with van der Waals surface area (Å²) in [6, 6.07) is 3.21.